The molecule has 0 saturated heterocycles. The van der Waals surface area contributed by atoms with Gasteiger partial charge in [-0.3, -0.25) is 14.9 Å². The summed E-state index contributed by atoms with van der Waals surface area (Å²) in [6, 6.07) is 14.2. The fraction of sp³-hybridized carbons (Fsp3) is 0.259. The Balaban J connectivity index is 1.87. The minimum Gasteiger partial charge on any atom is -0.457 e. The fourth-order valence-electron chi connectivity index (χ4n) is 3.68. The second-order valence-corrected chi connectivity index (χ2v) is 9.62. The Morgan fingerprint density at radius 1 is 0.971 bits per heavy atom. The Morgan fingerprint density at radius 2 is 1.56 bits per heavy atom. The van der Waals surface area contributed by atoms with Crippen molar-refractivity contribution in [1.29, 1.82) is 0 Å². The Labute approximate surface area is 203 Å². The molecule has 0 radical (unpaired) electrons. The first-order valence-electron chi connectivity index (χ1n) is 10.8. The Morgan fingerprint density at radius 3 is 2.12 bits per heavy atom. The fourth-order valence-corrected chi connectivity index (χ4v) is 3.86. The van der Waals surface area contributed by atoms with Crippen molar-refractivity contribution in [2.45, 2.75) is 46.6 Å². The molecule has 0 atom stereocenters. The van der Waals surface area contributed by atoms with Crippen molar-refractivity contribution in [2.24, 2.45) is 0 Å². The number of esters is 1. The van der Waals surface area contributed by atoms with E-state index in [0.717, 1.165) is 22.8 Å². The molecule has 0 aromatic heterocycles. The molecule has 6 nitrogen and oxygen atoms in total. The van der Waals surface area contributed by atoms with Crippen LogP contribution < -0.4 is 0 Å². The molecule has 176 valence electrons. The highest BCUT2D eigenvalue weighted by Gasteiger charge is 2.23. The summed E-state index contributed by atoms with van der Waals surface area (Å²) in [6.07, 6.45) is 0. The number of hydrogen-bond acceptors (Lipinski definition) is 5. The maximum absolute atomic E-state index is 13.1. The maximum atomic E-state index is 13.1. The van der Waals surface area contributed by atoms with Crippen LogP contribution >= 0.6 is 11.6 Å². The van der Waals surface area contributed by atoms with Crippen LogP contribution in [-0.4, -0.2) is 16.7 Å². The van der Waals surface area contributed by atoms with Crippen LogP contribution in [0.4, 0.5) is 5.69 Å². The zero-order valence-electron chi connectivity index (χ0n) is 19.8. The standard InChI is InChI=1S/C27H26ClNO5/c1-16-12-19(27(3,4)5)13-17(2)22(16)15-34-26(31)21-9-7-6-8-20(21)25(30)18-10-11-23(28)24(14-18)29(32)33/h6-14H,15H2,1-5H3. The van der Waals surface area contributed by atoms with Gasteiger partial charge in [0.05, 0.1) is 10.5 Å². The summed E-state index contributed by atoms with van der Waals surface area (Å²) in [5, 5.41) is 11.1. The predicted molar refractivity (Wildman–Crippen MR) is 132 cm³/mol. The normalized spacial score (nSPS) is 11.2. The first-order chi connectivity index (χ1) is 15.9. The van der Waals surface area contributed by atoms with E-state index in [1.54, 1.807) is 12.1 Å². The molecule has 3 rings (SSSR count). The number of hydrogen-bond donors (Lipinski definition) is 0. The van der Waals surface area contributed by atoms with Crippen LogP contribution in [0.1, 0.15) is 69.3 Å². The molecular weight excluding hydrogens is 454 g/mol. The van der Waals surface area contributed by atoms with E-state index in [9.17, 15) is 19.7 Å². The molecule has 3 aromatic rings. The minimum absolute atomic E-state index is 0.000761. The van der Waals surface area contributed by atoms with Gasteiger partial charge in [-0.15, -0.1) is 0 Å². The number of rotatable bonds is 6. The highest BCUT2D eigenvalue weighted by atomic mass is 35.5. The summed E-state index contributed by atoms with van der Waals surface area (Å²) >= 11 is 5.86. The van der Waals surface area contributed by atoms with Gasteiger partial charge < -0.3 is 4.74 Å². The molecule has 0 amide bonds. The highest BCUT2D eigenvalue weighted by Crippen LogP contribution is 2.29. The zero-order chi connectivity index (χ0) is 25.2. The van der Waals surface area contributed by atoms with E-state index in [1.807, 2.05) is 13.8 Å². The van der Waals surface area contributed by atoms with Crippen molar-refractivity contribution in [1.82, 2.24) is 0 Å². The van der Waals surface area contributed by atoms with E-state index in [1.165, 1.54) is 29.8 Å². The molecule has 0 aliphatic carbocycles. The lowest BCUT2D eigenvalue weighted by atomic mass is 9.84. The topological polar surface area (TPSA) is 86.5 Å². The monoisotopic (exact) mass is 479 g/mol. The molecular formula is C27H26ClNO5. The van der Waals surface area contributed by atoms with Gasteiger partial charge in [-0.1, -0.05) is 62.7 Å². The molecule has 3 aromatic carbocycles. The molecule has 0 N–H and O–H groups in total. The average molecular weight is 480 g/mol. The van der Waals surface area contributed by atoms with Crippen LogP contribution in [0.15, 0.2) is 54.6 Å². The van der Waals surface area contributed by atoms with Crippen molar-refractivity contribution in [2.75, 3.05) is 0 Å². The van der Waals surface area contributed by atoms with Gasteiger partial charge in [0.1, 0.15) is 11.6 Å². The number of benzene rings is 3. The summed E-state index contributed by atoms with van der Waals surface area (Å²) in [5.41, 5.74) is 4.03. The Hall–Kier alpha value is -3.51. The number of nitro benzene ring substituents is 1. The van der Waals surface area contributed by atoms with Crippen molar-refractivity contribution < 1.29 is 19.2 Å². The molecule has 0 saturated carbocycles. The molecule has 0 unspecified atom stereocenters. The largest absolute Gasteiger partial charge is 0.457 e. The van der Waals surface area contributed by atoms with E-state index in [-0.39, 0.29) is 39.4 Å². The Kier molecular flexibility index (Phi) is 7.22. The van der Waals surface area contributed by atoms with E-state index in [0.29, 0.717) is 0 Å². The van der Waals surface area contributed by atoms with E-state index < -0.39 is 16.7 Å². The lowest BCUT2D eigenvalue weighted by Crippen LogP contribution is -2.15. The second kappa shape index (κ2) is 9.77. The van der Waals surface area contributed by atoms with E-state index >= 15 is 0 Å². The van der Waals surface area contributed by atoms with Crippen LogP contribution in [-0.2, 0) is 16.8 Å². The summed E-state index contributed by atoms with van der Waals surface area (Å²) in [5.74, 6) is -1.18. The highest BCUT2D eigenvalue weighted by molar-refractivity contribution is 6.33. The van der Waals surface area contributed by atoms with Gasteiger partial charge in [-0.05, 0) is 59.7 Å². The minimum atomic E-state index is -0.658. The van der Waals surface area contributed by atoms with Gasteiger partial charge in [0.15, 0.2) is 5.78 Å². The first kappa shape index (κ1) is 25.1. The molecule has 0 aliphatic rings. The number of aryl methyl sites for hydroxylation is 2. The van der Waals surface area contributed by atoms with Gasteiger partial charge in [0.2, 0.25) is 0 Å². The summed E-state index contributed by atoms with van der Waals surface area (Å²) in [6.45, 7) is 10.5. The average Bonchev–Trinajstić information content (AvgIpc) is 2.77. The van der Waals surface area contributed by atoms with Gasteiger partial charge in [0.25, 0.3) is 5.69 Å². The number of ketones is 1. The van der Waals surface area contributed by atoms with Crippen molar-refractivity contribution >= 4 is 29.0 Å². The number of nitro groups is 1. The van der Waals surface area contributed by atoms with Crippen molar-refractivity contribution in [3.63, 3.8) is 0 Å². The molecule has 7 heteroatoms. The smallest absolute Gasteiger partial charge is 0.339 e. The molecule has 34 heavy (non-hydrogen) atoms. The molecule has 0 spiro atoms. The third kappa shape index (κ3) is 5.34. The quantitative estimate of drug-likeness (QED) is 0.169. The lowest BCUT2D eigenvalue weighted by molar-refractivity contribution is -0.384. The van der Waals surface area contributed by atoms with Crippen LogP contribution in [0.25, 0.3) is 0 Å². The zero-order valence-corrected chi connectivity index (χ0v) is 20.5. The first-order valence-corrected chi connectivity index (χ1v) is 11.1. The van der Waals surface area contributed by atoms with Crippen molar-refractivity contribution in [3.05, 3.63) is 109 Å². The molecule has 0 heterocycles. The third-order valence-corrected chi connectivity index (χ3v) is 6.03. The second-order valence-electron chi connectivity index (χ2n) is 9.21. The number of halogens is 1. The van der Waals surface area contributed by atoms with Crippen LogP contribution in [0.2, 0.25) is 5.02 Å². The Bertz CT molecular complexity index is 1270. The lowest BCUT2D eigenvalue weighted by Gasteiger charge is -2.22. The number of nitrogens with zero attached hydrogens (tertiary/aromatic N) is 1. The van der Waals surface area contributed by atoms with Gasteiger partial charge in [0, 0.05) is 17.2 Å². The number of carbonyl (C=O) groups excluding carboxylic acids is 2. The number of carbonyl (C=O) groups is 2. The van der Waals surface area contributed by atoms with E-state index in [4.69, 9.17) is 16.3 Å². The number of ether oxygens (including phenoxy) is 1. The predicted octanol–water partition coefficient (Wildman–Crippen LogP) is 6.75. The molecule has 0 fully saturated rings. The summed E-state index contributed by atoms with van der Waals surface area (Å²) in [7, 11) is 0. The van der Waals surface area contributed by atoms with Crippen LogP contribution in [0.3, 0.4) is 0 Å². The van der Waals surface area contributed by atoms with Crippen LogP contribution in [0.5, 0.6) is 0 Å². The van der Waals surface area contributed by atoms with Gasteiger partial charge >= 0.3 is 5.97 Å². The van der Waals surface area contributed by atoms with Gasteiger partial charge in [-0.25, -0.2) is 4.79 Å². The van der Waals surface area contributed by atoms with Crippen LogP contribution in [0, 0.1) is 24.0 Å². The van der Waals surface area contributed by atoms with Crippen molar-refractivity contribution in [3.8, 4) is 0 Å². The SMILES string of the molecule is Cc1cc(C(C)(C)C)cc(C)c1COC(=O)c1ccccc1C(=O)c1ccc(Cl)c([N+](=O)[O-])c1. The summed E-state index contributed by atoms with van der Waals surface area (Å²) in [4.78, 5) is 36.6. The molecule has 0 aliphatic heterocycles. The van der Waals surface area contributed by atoms with Gasteiger partial charge in [-0.2, -0.15) is 0 Å². The van der Waals surface area contributed by atoms with E-state index in [2.05, 4.69) is 32.9 Å². The maximum Gasteiger partial charge on any atom is 0.339 e. The molecule has 0 bridgehead atoms. The summed E-state index contributed by atoms with van der Waals surface area (Å²) < 4.78 is 5.59. The third-order valence-electron chi connectivity index (χ3n) is 5.71.